The van der Waals surface area contributed by atoms with E-state index >= 15 is 0 Å². The molecule has 1 aromatic carbocycles. The summed E-state index contributed by atoms with van der Waals surface area (Å²) in [5, 5.41) is 2.78. The number of hydrogen-bond acceptors (Lipinski definition) is 3. The summed E-state index contributed by atoms with van der Waals surface area (Å²) in [6, 6.07) is 5.25. The van der Waals surface area contributed by atoms with Crippen molar-refractivity contribution in [1.82, 2.24) is 4.90 Å². The van der Waals surface area contributed by atoms with Crippen molar-refractivity contribution >= 4 is 11.7 Å². The molecule has 0 saturated heterocycles. The normalized spacial score (nSPS) is 20.2. The van der Waals surface area contributed by atoms with Crippen LogP contribution >= 0.6 is 0 Å². The molecule has 104 valence electrons. The van der Waals surface area contributed by atoms with Gasteiger partial charge < -0.3 is 19.7 Å². The summed E-state index contributed by atoms with van der Waals surface area (Å²) in [4.78, 5) is 13.1. The first-order valence-electron chi connectivity index (χ1n) is 6.44. The van der Waals surface area contributed by atoms with Crippen LogP contribution in [0.15, 0.2) is 18.2 Å². The third kappa shape index (κ3) is 2.92. The number of urea groups is 1. The lowest BCUT2D eigenvalue weighted by Gasteiger charge is -2.21. The van der Waals surface area contributed by atoms with Gasteiger partial charge in [0.05, 0.1) is 0 Å². The molecule has 5 heteroatoms. The van der Waals surface area contributed by atoms with Crippen molar-refractivity contribution in [3.63, 3.8) is 0 Å². The maximum absolute atomic E-state index is 11.6. The number of rotatable bonds is 3. The smallest absolute Gasteiger partial charge is 0.321 e. The van der Waals surface area contributed by atoms with Crippen molar-refractivity contribution < 1.29 is 14.3 Å². The van der Waals surface area contributed by atoms with E-state index in [0.29, 0.717) is 11.4 Å². The third-order valence-corrected chi connectivity index (χ3v) is 2.96. The monoisotopic (exact) mass is 264 g/mol. The van der Waals surface area contributed by atoms with E-state index < -0.39 is 5.79 Å². The van der Waals surface area contributed by atoms with Crippen LogP contribution in [-0.2, 0) is 0 Å². The first-order chi connectivity index (χ1) is 8.93. The van der Waals surface area contributed by atoms with Gasteiger partial charge in [0.25, 0.3) is 0 Å². The molecule has 0 fully saturated rings. The van der Waals surface area contributed by atoms with Gasteiger partial charge >= 0.3 is 6.03 Å². The molecular weight excluding hydrogens is 244 g/mol. The Balaban J connectivity index is 2.13. The van der Waals surface area contributed by atoms with Crippen LogP contribution in [0.4, 0.5) is 10.5 Å². The Labute approximate surface area is 113 Å². The minimum absolute atomic E-state index is 0.171. The van der Waals surface area contributed by atoms with E-state index in [1.165, 1.54) is 4.90 Å². The van der Waals surface area contributed by atoms with Crippen molar-refractivity contribution in [2.75, 3.05) is 19.4 Å². The van der Waals surface area contributed by atoms with E-state index in [0.717, 1.165) is 18.6 Å². The van der Waals surface area contributed by atoms with Crippen LogP contribution in [0, 0.1) is 0 Å². The standard InChI is InChI=1S/C14H20N2O3/c1-5-8-14(2)18-11-7-6-10(9-12(11)19-14)15-13(17)16(3)4/h6-7,9H,5,8H2,1-4H3,(H,15,17). The van der Waals surface area contributed by atoms with Gasteiger partial charge in [-0.25, -0.2) is 4.79 Å². The molecule has 5 nitrogen and oxygen atoms in total. The summed E-state index contributed by atoms with van der Waals surface area (Å²) in [5.74, 6) is 0.799. The highest BCUT2D eigenvalue weighted by molar-refractivity contribution is 5.89. The van der Waals surface area contributed by atoms with Crippen LogP contribution in [-0.4, -0.2) is 30.8 Å². The molecule has 19 heavy (non-hydrogen) atoms. The zero-order valence-electron chi connectivity index (χ0n) is 11.8. The van der Waals surface area contributed by atoms with E-state index in [2.05, 4.69) is 12.2 Å². The Kier molecular flexibility index (Phi) is 3.55. The van der Waals surface area contributed by atoms with Crippen molar-refractivity contribution in [2.45, 2.75) is 32.5 Å². The molecule has 1 aromatic rings. The number of fused-ring (bicyclic) bond motifs is 1. The van der Waals surface area contributed by atoms with E-state index in [1.54, 1.807) is 26.2 Å². The van der Waals surface area contributed by atoms with Crippen molar-refractivity contribution in [1.29, 1.82) is 0 Å². The van der Waals surface area contributed by atoms with Crippen molar-refractivity contribution in [3.8, 4) is 11.5 Å². The molecule has 0 spiro atoms. The first kappa shape index (κ1) is 13.5. The highest BCUT2D eigenvalue weighted by atomic mass is 16.7. The van der Waals surface area contributed by atoms with Gasteiger partial charge in [-0.15, -0.1) is 0 Å². The predicted molar refractivity (Wildman–Crippen MR) is 73.7 cm³/mol. The Bertz CT molecular complexity index is 488. The number of amides is 2. The second-order valence-electron chi connectivity index (χ2n) is 5.07. The van der Waals surface area contributed by atoms with Crippen molar-refractivity contribution in [3.05, 3.63) is 18.2 Å². The number of nitrogens with one attached hydrogen (secondary N) is 1. The number of hydrogen-bond donors (Lipinski definition) is 1. The van der Waals surface area contributed by atoms with Crippen LogP contribution in [0.5, 0.6) is 11.5 Å². The van der Waals surface area contributed by atoms with Crippen LogP contribution in [0.2, 0.25) is 0 Å². The lowest BCUT2D eigenvalue weighted by molar-refractivity contribution is -0.0683. The first-order valence-corrected chi connectivity index (χ1v) is 6.44. The quantitative estimate of drug-likeness (QED) is 0.912. The Hall–Kier alpha value is -1.91. The molecule has 0 saturated carbocycles. The molecule has 1 aliphatic rings. The molecular formula is C14H20N2O3. The fourth-order valence-electron chi connectivity index (χ4n) is 2.03. The molecule has 0 aliphatic carbocycles. The minimum Gasteiger partial charge on any atom is -0.449 e. The fraction of sp³-hybridized carbons (Fsp3) is 0.500. The predicted octanol–water partition coefficient (Wildman–Crippen LogP) is 3.07. The van der Waals surface area contributed by atoms with Gasteiger partial charge in [0.2, 0.25) is 5.79 Å². The fourth-order valence-corrected chi connectivity index (χ4v) is 2.03. The van der Waals surface area contributed by atoms with E-state index in [-0.39, 0.29) is 6.03 Å². The number of anilines is 1. The maximum Gasteiger partial charge on any atom is 0.321 e. The third-order valence-electron chi connectivity index (χ3n) is 2.96. The molecule has 1 heterocycles. The number of carbonyl (C=O) groups is 1. The number of ether oxygens (including phenoxy) is 2. The second kappa shape index (κ2) is 4.99. The largest absolute Gasteiger partial charge is 0.449 e. The summed E-state index contributed by atoms with van der Waals surface area (Å²) in [6.45, 7) is 4.01. The van der Waals surface area contributed by atoms with E-state index in [1.807, 2.05) is 13.0 Å². The highest BCUT2D eigenvalue weighted by Crippen LogP contribution is 2.42. The lowest BCUT2D eigenvalue weighted by atomic mass is 10.2. The second-order valence-corrected chi connectivity index (χ2v) is 5.07. The number of benzene rings is 1. The summed E-state index contributed by atoms with van der Waals surface area (Å²) in [6.07, 6.45) is 1.80. The van der Waals surface area contributed by atoms with Gasteiger partial charge in [0.15, 0.2) is 11.5 Å². The Morgan fingerprint density at radius 3 is 2.63 bits per heavy atom. The summed E-state index contributed by atoms with van der Waals surface area (Å²) >= 11 is 0. The van der Waals surface area contributed by atoms with Crippen LogP contribution in [0.25, 0.3) is 0 Å². The van der Waals surface area contributed by atoms with E-state index in [4.69, 9.17) is 9.47 Å². The molecule has 0 radical (unpaired) electrons. The number of nitrogens with zero attached hydrogens (tertiary/aromatic N) is 1. The van der Waals surface area contributed by atoms with Gasteiger partial charge in [-0.05, 0) is 18.6 Å². The molecule has 2 rings (SSSR count). The molecule has 1 N–H and O–H groups in total. The molecule has 1 atom stereocenters. The summed E-state index contributed by atoms with van der Waals surface area (Å²) in [7, 11) is 3.39. The zero-order valence-corrected chi connectivity index (χ0v) is 11.8. The van der Waals surface area contributed by atoms with Crippen LogP contribution in [0.1, 0.15) is 26.7 Å². The van der Waals surface area contributed by atoms with Gasteiger partial charge in [-0.2, -0.15) is 0 Å². The summed E-state index contributed by atoms with van der Waals surface area (Å²) in [5.41, 5.74) is 0.696. The van der Waals surface area contributed by atoms with E-state index in [9.17, 15) is 4.79 Å². The molecule has 0 bridgehead atoms. The van der Waals surface area contributed by atoms with Gasteiger partial charge in [0, 0.05) is 39.2 Å². The Morgan fingerprint density at radius 2 is 2.00 bits per heavy atom. The maximum atomic E-state index is 11.6. The van der Waals surface area contributed by atoms with Crippen LogP contribution < -0.4 is 14.8 Å². The number of carbonyl (C=O) groups excluding carboxylic acids is 1. The van der Waals surface area contributed by atoms with Crippen LogP contribution in [0.3, 0.4) is 0 Å². The lowest BCUT2D eigenvalue weighted by Crippen LogP contribution is -2.34. The van der Waals surface area contributed by atoms with Crippen molar-refractivity contribution in [2.24, 2.45) is 0 Å². The average molecular weight is 264 g/mol. The molecule has 1 unspecified atom stereocenters. The van der Waals surface area contributed by atoms with Gasteiger partial charge in [0.1, 0.15) is 0 Å². The minimum atomic E-state index is -0.596. The highest BCUT2D eigenvalue weighted by Gasteiger charge is 2.35. The topological polar surface area (TPSA) is 50.8 Å². The van der Waals surface area contributed by atoms with Gasteiger partial charge in [-0.3, -0.25) is 0 Å². The Morgan fingerprint density at radius 1 is 1.32 bits per heavy atom. The molecule has 0 aromatic heterocycles. The zero-order chi connectivity index (χ0) is 14.0. The summed E-state index contributed by atoms with van der Waals surface area (Å²) < 4.78 is 11.6. The SMILES string of the molecule is CCCC1(C)Oc2ccc(NC(=O)N(C)C)cc2O1. The molecule has 1 aliphatic heterocycles. The van der Waals surface area contributed by atoms with Gasteiger partial charge in [-0.1, -0.05) is 6.92 Å². The average Bonchev–Trinajstić information content (AvgIpc) is 2.64. The molecule has 2 amide bonds.